The summed E-state index contributed by atoms with van der Waals surface area (Å²) in [6.07, 6.45) is 18.5. The molecule has 0 radical (unpaired) electrons. The van der Waals surface area contributed by atoms with Crippen LogP contribution in [-0.4, -0.2) is 47.8 Å². The van der Waals surface area contributed by atoms with Gasteiger partial charge in [0.15, 0.2) is 0 Å². The molecule has 4 nitrogen and oxygen atoms in total. The number of benzene rings is 5. The van der Waals surface area contributed by atoms with Crippen LogP contribution in [0, 0.1) is 0 Å². The van der Waals surface area contributed by atoms with Gasteiger partial charge in [0.25, 0.3) is 11.8 Å². The summed E-state index contributed by atoms with van der Waals surface area (Å²) < 4.78 is 0. The van der Waals surface area contributed by atoms with Gasteiger partial charge in [-0.3, -0.25) is 9.59 Å². The van der Waals surface area contributed by atoms with Gasteiger partial charge in [0.05, 0.1) is 0 Å². The molecule has 50 heavy (non-hydrogen) atoms. The first-order chi connectivity index (χ1) is 24.5. The number of hydrogen-bond donors (Lipinski definition) is 0. The van der Waals surface area contributed by atoms with Gasteiger partial charge in [-0.15, -0.1) is 0 Å². The van der Waals surface area contributed by atoms with E-state index in [9.17, 15) is 9.59 Å². The van der Waals surface area contributed by atoms with Crippen molar-refractivity contribution in [1.82, 2.24) is 9.80 Å². The number of amides is 2. The zero-order chi connectivity index (χ0) is 35.3. The largest absolute Gasteiger partial charge is 0.339 e. The Morgan fingerprint density at radius 3 is 1.00 bits per heavy atom. The van der Waals surface area contributed by atoms with Crippen LogP contribution >= 0.6 is 0 Å². The van der Waals surface area contributed by atoms with E-state index in [1.165, 1.54) is 77.0 Å². The fraction of sp³-hybridized carbons (Fsp3) is 0.522. The minimum atomic E-state index is 0.157. The highest BCUT2D eigenvalue weighted by molar-refractivity contribution is 6.35. The number of nitrogens with zero attached hydrogens (tertiary/aromatic N) is 2. The van der Waals surface area contributed by atoms with Gasteiger partial charge in [-0.1, -0.05) is 153 Å². The molecule has 2 amide bonds. The van der Waals surface area contributed by atoms with Gasteiger partial charge in [0.1, 0.15) is 0 Å². The van der Waals surface area contributed by atoms with Gasteiger partial charge in [-0.05, 0) is 80.9 Å². The Morgan fingerprint density at radius 1 is 0.380 bits per heavy atom. The average Bonchev–Trinajstić information content (AvgIpc) is 3.14. The highest BCUT2D eigenvalue weighted by Crippen LogP contribution is 2.42. The molecule has 4 heteroatoms. The van der Waals surface area contributed by atoms with Crippen LogP contribution < -0.4 is 0 Å². The maximum Gasteiger partial charge on any atom is 0.254 e. The summed E-state index contributed by atoms with van der Waals surface area (Å²) in [6.45, 7) is 12.2. The van der Waals surface area contributed by atoms with Crippen molar-refractivity contribution in [3.63, 3.8) is 0 Å². The third-order valence-corrected chi connectivity index (χ3v) is 10.8. The molecule has 0 aliphatic heterocycles. The van der Waals surface area contributed by atoms with Crippen LogP contribution in [0.15, 0.2) is 60.7 Å². The molecule has 0 aromatic heterocycles. The van der Waals surface area contributed by atoms with E-state index in [-0.39, 0.29) is 11.8 Å². The van der Waals surface area contributed by atoms with Gasteiger partial charge in [-0.2, -0.15) is 0 Å². The van der Waals surface area contributed by atoms with Crippen molar-refractivity contribution in [3.05, 3.63) is 71.8 Å². The molecule has 0 saturated heterocycles. The fourth-order valence-electron chi connectivity index (χ4n) is 7.97. The molecule has 0 bridgehead atoms. The lowest BCUT2D eigenvalue weighted by Crippen LogP contribution is -2.33. The summed E-state index contributed by atoms with van der Waals surface area (Å²) in [7, 11) is 0. The maximum absolute atomic E-state index is 14.3. The standard InChI is InChI=1S/C46H62N2O2/c1-5-9-13-17-31-47(32-18-14-10-6-2)45(49)41-29-27-39-36-24-22-26-38-42(30-28-40(44(36)38)35-23-21-25-37(41)43(35)39)46(50)48(33-19-15-11-7-3)34-20-16-12-8-4/h21-30H,5-20,31-34H2,1-4H3. The quantitative estimate of drug-likeness (QED) is 0.0416. The Hall–Kier alpha value is -3.66. The van der Waals surface area contributed by atoms with Crippen LogP contribution in [0.5, 0.6) is 0 Å². The average molecular weight is 675 g/mol. The molecule has 5 rings (SSSR count). The smallest absolute Gasteiger partial charge is 0.254 e. The molecule has 0 spiro atoms. The molecule has 0 aliphatic carbocycles. The third-order valence-electron chi connectivity index (χ3n) is 10.8. The van der Waals surface area contributed by atoms with Crippen molar-refractivity contribution in [1.29, 1.82) is 0 Å². The van der Waals surface area contributed by atoms with Gasteiger partial charge < -0.3 is 9.80 Å². The maximum atomic E-state index is 14.3. The Labute approximate surface area is 301 Å². The third kappa shape index (κ3) is 8.61. The molecule has 0 unspecified atom stereocenters. The van der Waals surface area contributed by atoms with Crippen molar-refractivity contribution in [2.45, 2.75) is 130 Å². The minimum Gasteiger partial charge on any atom is -0.339 e. The van der Waals surface area contributed by atoms with Crippen LogP contribution in [0.3, 0.4) is 0 Å². The van der Waals surface area contributed by atoms with Crippen LogP contribution in [-0.2, 0) is 0 Å². The van der Waals surface area contributed by atoms with Gasteiger partial charge in [0.2, 0.25) is 0 Å². The molecule has 0 atom stereocenters. The van der Waals surface area contributed by atoms with Crippen molar-refractivity contribution >= 4 is 54.9 Å². The van der Waals surface area contributed by atoms with Gasteiger partial charge in [0, 0.05) is 37.3 Å². The second-order valence-electron chi connectivity index (χ2n) is 14.6. The summed E-state index contributed by atoms with van der Waals surface area (Å²) in [5.74, 6) is 0.314. The van der Waals surface area contributed by atoms with E-state index in [4.69, 9.17) is 0 Å². The van der Waals surface area contributed by atoms with Gasteiger partial charge in [-0.25, -0.2) is 0 Å². The predicted octanol–water partition coefficient (Wildman–Crippen LogP) is 12.9. The van der Waals surface area contributed by atoms with Gasteiger partial charge >= 0.3 is 0 Å². The Bertz CT molecular complexity index is 1650. The van der Waals surface area contributed by atoms with Crippen molar-refractivity contribution in [2.24, 2.45) is 0 Å². The summed E-state index contributed by atoms with van der Waals surface area (Å²) in [6, 6.07) is 21.4. The normalized spacial score (nSPS) is 11.8. The highest BCUT2D eigenvalue weighted by Gasteiger charge is 2.24. The molecule has 5 aromatic carbocycles. The Kier molecular flexibility index (Phi) is 14.3. The van der Waals surface area contributed by atoms with Crippen LogP contribution in [0.2, 0.25) is 0 Å². The molecule has 0 saturated carbocycles. The molecule has 5 aromatic rings. The zero-order valence-corrected chi connectivity index (χ0v) is 31.6. The number of unbranched alkanes of at least 4 members (excludes halogenated alkanes) is 12. The Balaban J connectivity index is 1.55. The lowest BCUT2D eigenvalue weighted by Gasteiger charge is -2.25. The van der Waals surface area contributed by atoms with Crippen LogP contribution in [0.4, 0.5) is 0 Å². The molecule has 0 heterocycles. The molecular weight excluding hydrogens is 613 g/mol. The first-order valence-electron chi connectivity index (χ1n) is 20.3. The monoisotopic (exact) mass is 674 g/mol. The topological polar surface area (TPSA) is 40.6 Å². The lowest BCUT2D eigenvalue weighted by molar-refractivity contribution is 0.0743. The summed E-state index contributed by atoms with van der Waals surface area (Å²) in [4.78, 5) is 32.9. The lowest BCUT2D eigenvalue weighted by atomic mass is 9.87. The van der Waals surface area contributed by atoms with Crippen LogP contribution in [0.1, 0.15) is 151 Å². The molecule has 0 fully saturated rings. The fourth-order valence-corrected chi connectivity index (χ4v) is 7.97. The SMILES string of the molecule is CCCCCCN(CCCCCC)C(=O)c1ccc2c3cccc4c(C(=O)N(CCCCCC)CCCCCC)ccc(c5cccc1c52)c43. The number of fused-ring (bicyclic) bond motifs is 2. The van der Waals surface area contributed by atoms with E-state index in [1.807, 2.05) is 0 Å². The molecular formula is C46H62N2O2. The first kappa shape index (κ1) is 37.6. The zero-order valence-electron chi connectivity index (χ0n) is 31.6. The van der Waals surface area contributed by atoms with E-state index in [1.54, 1.807) is 0 Å². The van der Waals surface area contributed by atoms with Crippen molar-refractivity contribution in [2.75, 3.05) is 26.2 Å². The van der Waals surface area contributed by atoms with E-state index in [0.29, 0.717) is 0 Å². The summed E-state index contributed by atoms with van der Waals surface area (Å²) in [5.41, 5.74) is 1.61. The van der Waals surface area contributed by atoms with E-state index in [0.717, 1.165) is 106 Å². The number of hydrogen-bond acceptors (Lipinski definition) is 2. The minimum absolute atomic E-state index is 0.157. The predicted molar refractivity (Wildman–Crippen MR) is 216 cm³/mol. The second-order valence-corrected chi connectivity index (χ2v) is 14.6. The number of carbonyl (C=O) groups excluding carboxylic acids is 2. The molecule has 268 valence electrons. The van der Waals surface area contributed by atoms with Crippen molar-refractivity contribution in [3.8, 4) is 0 Å². The highest BCUT2D eigenvalue weighted by atomic mass is 16.2. The number of carbonyl (C=O) groups is 2. The number of rotatable bonds is 22. The van der Waals surface area contributed by atoms with Crippen molar-refractivity contribution < 1.29 is 9.59 Å². The summed E-state index contributed by atoms with van der Waals surface area (Å²) >= 11 is 0. The van der Waals surface area contributed by atoms with E-state index in [2.05, 4.69) is 98.2 Å². The van der Waals surface area contributed by atoms with E-state index >= 15 is 0 Å². The Morgan fingerprint density at radius 2 is 0.680 bits per heavy atom. The molecule has 0 aliphatic rings. The van der Waals surface area contributed by atoms with Crippen LogP contribution in [0.25, 0.3) is 43.1 Å². The first-order valence-corrected chi connectivity index (χ1v) is 20.3. The second kappa shape index (κ2) is 19.1. The summed E-state index contributed by atoms with van der Waals surface area (Å²) in [5, 5.41) is 9.00. The van der Waals surface area contributed by atoms with E-state index < -0.39 is 0 Å². The molecule has 0 N–H and O–H groups in total.